The molecule has 1 saturated carbocycles. The molecule has 5 heteroatoms. The number of benzene rings is 1. The first-order valence-electron chi connectivity index (χ1n) is 7.97. The molecule has 0 radical (unpaired) electrons. The number of rotatable bonds is 6. The molecule has 22 heavy (non-hydrogen) atoms. The molecule has 0 aromatic heterocycles. The van der Waals surface area contributed by atoms with Crippen molar-refractivity contribution in [2.45, 2.75) is 64.1 Å². The molecule has 1 aromatic rings. The van der Waals surface area contributed by atoms with Crippen LogP contribution in [0.3, 0.4) is 0 Å². The molecule has 0 aliphatic heterocycles. The standard InChI is InChI=1S/C17H24F2N2O/c1-12(20)9-10-17(22)21(13-5-2-3-6-13)11-14-15(18)7-4-8-16(14)19/h4,7-8,12-13H,2-3,5-6,9-11,20H2,1H3. The molecule has 122 valence electrons. The van der Waals surface area contributed by atoms with Gasteiger partial charge in [0.15, 0.2) is 0 Å². The van der Waals surface area contributed by atoms with Gasteiger partial charge >= 0.3 is 0 Å². The normalized spacial score (nSPS) is 16.7. The lowest BCUT2D eigenvalue weighted by atomic mass is 10.1. The van der Waals surface area contributed by atoms with Crippen LogP contribution in [-0.4, -0.2) is 22.9 Å². The largest absolute Gasteiger partial charge is 0.335 e. The molecule has 1 aliphatic carbocycles. The van der Waals surface area contributed by atoms with E-state index in [2.05, 4.69) is 0 Å². The first kappa shape index (κ1) is 16.9. The lowest BCUT2D eigenvalue weighted by Crippen LogP contribution is -2.39. The number of amides is 1. The van der Waals surface area contributed by atoms with Crippen molar-refractivity contribution in [1.82, 2.24) is 4.90 Å². The van der Waals surface area contributed by atoms with Gasteiger partial charge < -0.3 is 10.6 Å². The van der Waals surface area contributed by atoms with E-state index in [0.29, 0.717) is 12.8 Å². The number of halogens is 2. The van der Waals surface area contributed by atoms with Crippen LogP contribution in [0.4, 0.5) is 8.78 Å². The Hall–Kier alpha value is -1.49. The molecule has 1 atom stereocenters. The smallest absolute Gasteiger partial charge is 0.223 e. The molecular formula is C17H24F2N2O. The van der Waals surface area contributed by atoms with Gasteiger partial charge in [-0.2, -0.15) is 0 Å². The maximum absolute atomic E-state index is 13.9. The highest BCUT2D eigenvalue weighted by atomic mass is 19.1. The summed E-state index contributed by atoms with van der Waals surface area (Å²) in [7, 11) is 0. The Balaban J connectivity index is 2.15. The monoisotopic (exact) mass is 310 g/mol. The van der Waals surface area contributed by atoms with E-state index in [1.165, 1.54) is 18.2 Å². The third kappa shape index (κ3) is 4.26. The predicted octanol–water partition coefficient (Wildman–Crippen LogP) is 3.36. The van der Waals surface area contributed by atoms with E-state index in [0.717, 1.165) is 25.7 Å². The van der Waals surface area contributed by atoms with Crippen LogP contribution in [0.5, 0.6) is 0 Å². The quantitative estimate of drug-likeness (QED) is 0.875. The molecule has 0 bridgehead atoms. The Morgan fingerprint density at radius 3 is 2.45 bits per heavy atom. The fraction of sp³-hybridized carbons (Fsp3) is 0.588. The average Bonchev–Trinajstić information content (AvgIpc) is 2.98. The van der Waals surface area contributed by atoms with Crippen LogP contribution in [0.1, 0.15) is 51.0 Å². The van der Waals surface area contributed by atoms with Gasteiger partial charge in [-0.25, -0.2) is 8.78 Å². The predicted molar refractivity (Wildman–Crippen MR) is 82.0 cm³/mol. The Morgan fingerprint density at radius 2 is 1.91 bits per heavy atom. The zero-order valence-electron chi connectivity index (χ0n) is 13.0. The van der Waals surface area contributed by atoms with Crippen molar-refractivity contribution >= 4 is 5.91 Å². The van der Waals surface area contributed by atoms with Crippen molar-refractivity contribution in [2.75, 3.05) is 0 Å². The third-order valence-corrected chi connectivity index (χ3v) is 4.29. The van der Waals surface area contributed by atoms with Gasteiger partial charge in [0.1, 0.15) is 11.6 Å². The summed E-state index contributed by atoms with van der Waals surface area (Å²) in [6.45, 7) is 1.85. The van der Waals surface area contributed by atoms with Crippen LogP contribution in [-0.2, 0) is 11.3 Å². The maximum atomic E-state index is 13.9. The zero-order valence-corrected chi connectivity index (χ0v) is 13.0. The van der Waals surface area contributed by atoms with Gasteiger partial charge in [-0.1, -0.05) is 18.9 Å². The zero-order chi connectivity index (χ0) is 16.1. The maximum Gasteiger partial charge on any atom is 0.223 e. The molecule has 0 spiro atoms. The SMILES string of the molecule is CC(N)CCC(=O)N(Cc1c(F)cccc1F)C1CCCC1. The van der Waals surface area contributed by atoms with Crippen molar-refractivity contribution in [3.8, 4) is 0 Å². The topological polar surface area (TPSA) is 46.3 Å². The fourth-order valence-corrected chi connectivity index (χ4v) is 2.99. The molecule has 2 N–H and O–H groups in total. The summed E-state index contributed by atoms with van der Waals surface area (Å²) in [4.78, 5) is 14.1. The summed E-state index contributed by atoms with van der Waals surface area (Å²) in [6, 6.07) is 3.83. The first-order chi connectivity index (χ1) is 10.5. The molecule has 0 saturated heterocycles. The first-order valence-corrected chi connectivity index (χ1v) is 7.97. The van der Waals surface area contributed by atoms with E-state index >= 15 is 0 Å². The lowest BCUT2D eigenvalue weighted by Gasteiger charge is -2.30. The van der Waals surface area contributed by atoms with Gasteiger partial charge in [0.2, 0.25) is 5.91 Å². The molecular weight excluding hydrogens is 286 g/mol. The van der Waals surface area contributed by atoms with Crippen LogP contribution < -0.4 is 5.73 Å². The Labute approximate surface area is 130 Å². The van der Waals surface area contributed by atoms with Gasteiger partial charge in [0.05, 0.1) is 6.54 Å². The van der Waals surface area contributed by atoms with Gasteiger partial charge in [0.25, 0.3) is 0 Å². The Kier molecular flexibility index (Phi) is 5.89. The summed E-state index contributed by atoms with van der Waals surface area (Å²) < 4.78 is 27.8. The number of nitrogens with two attached hydrogens (primary N) is 1. The average molecular weight is 310 g/mol. The van der Waals surface area contributed by atoms with Gasteiger partial charge in [-0.3, -0.25) is 4.79 Å². The highest BCUT2D eigenvalue weighted by Crippen LogP contribution is 2.27. The van der Waals surface area contributed by atoms with Crippen LogP contribution in [0.25, 0.3) is 0 Å². The van der Waals surface area contributed by atoms with Crippen LogP contribution in [0.15, 0.2) is 18.2 Å². The summed E-state index contributed by atoms with van der Waals surface area (Å²) in [5.74, 6) is -1.25. The molecule has 1 aromatic carbocycles. The minimum absolute atomic E-state index is 0.000951. The summed E-state index contributed by atoms with van der Waals surface area (Å²) >= 11 is 0. The van der Waals surface area contributed by atoms with E-state index in [1.54, 1.807) is 4.90 Å². The van der Waals surface area contributed by atoms with E-state index < -0.39 is 11.6 Å². The molecule has 1 amide bonds. The summed E-state index contributed by atoms with van der Waals surface area (Å²) in [6.07, 6.45) is 4.83. The minimum Gasteiger partial charge on any atom is -0.335 e. The summed E-state index contributed by atoms with van der Waals surface area (Å²) in [5, 5.41) is 0. The molecule has 1 aliphatic rings. The fourth-order valence-electron chi connectivity index (χ4n) is 2.99. The molecule has 1 fully saturated rings. The Morgan fingerprint density at radius 1 is 1.32 bits per heavy atom. The number of carbonyl (C=O) groups excluding carboxylic acids is 1. The van der Waals surface area contributed by atoms with Crippen LogP contribution in [0.2, 0.25) is 0 Å². The highest BCUT2D eigenvalue weighted by molar-refractivity contribution is 5.76. The van der Waals surface area contributed by atoms with E-state index in [9.17, 15) is 13.6 Å². The number of nitrogens with zero attached hydrogens (tertiary/aromatic N) is 1. The second-order valence-electron chi connectivity index (χ2n) is 6.18. The molecule has 2 rings (SSSR count). The number of carbonyl (C=O) groups is 1. The van der Waals surface area contributed by atoms with Crippen molar-refractivity contribution < 1.29 is 13.6 Å². The second-order valence-corrected chi connectivity index (χ2v) is 6.18. The molecule has 3 nitrogen and oxygen atoms in total. The van der Waals surface area contributed by atoms with Crippen molar-refractivity contribution in [3.63, 3.8) is 0 Å². The third-order valence-electron chi connectivity index (χ3n) is 4.29. The Bertz CT molecular complexity index is 493. The van der Waals surface area contributed by atoms with Crippen molar-refractivity contribution in [1.29, 1.82) is 0 Å². The van der Waals surface area contributed by atoms with Crippen LogP contribution >= 0.6 is 0 Å². The van der Waals surface area contributed by atoms with Gasteiger partial charge in [0, 0.05) is 24.1 Å². The number of hydrogen-bond acceptors (Lipinski definition) is 2. The van der Waals surface area contributed by atoms with Gasteiger partial charge in [-0.15, -0.1) is 0 Å². The highest BCUT2D eigenvalue weighted by Gasteiger charge is 2.28. The lowest BCUT2D eigenvalue weighted by molar-refractivity contribution is -0.134. The molecule has 0 heterocycles. The number of hydrogen-bond donors (Lipinski definition) is 1. The van der Waals surface area contributed by atoms with E-state index in [1.807, 2.05) is 6.92 Å². The minimum atomic E-state index is -0.594. The van der Waals surface area contributed by atoms with E-state index in [-0.39, 0.29) is 30.1 Å². The van der Waals surface area contributed by atoms with Crippen LogP contribution in [0, 0.1) is 11.6 Å². The molecule has 1 unspecified atom stereocenters. The second kappa shape index (κ2) is 7.68. The van der Waals surface area contributed by atoms with Gasteiger partial charge in [-0.05, 0) is 38.3 Å². The van der Waals surface area contributed by atoms with Crippen molar-refractivity contribution in [2.24, 2.45) is 5.73 Å². The summed E-state index contributed by atoms with van der Waals surface area (Å²) in [5.41, 5.74) is 5.68. The van der Waals surface area contributed by atoms with Crippen molar-refractivity contribution in [3.05, 3.63) is 35.4 Å². The van der Waals surface area contributed by atoms with E-state index in [4.69, 9.17) is 5.73 Å².